The van der Waals surface area contributed by atoms with Crippen LogP contribution in [0.1, 0.15) is 5.69 Å². The molecule has 0 fully saturated rings. The van der Waals surface area contributed by atoms with Gasteiger partial charge in [-0.15, -0.1) is 25.3 Å². The first kappa shape index (κ1) is 8.68. The second-order valence-corrected chi connectivity index (χ2v) is 3.40. The summed E-state index contributed by atoms with van der Waals surface area (Å²) < 4.78 is 0.732. The third-order valence-electron chi connectivity index (χ3n) is 1.22. The maximum atomic E-state index is 4.14. The molecule has 1 aromatic rings. The SMILES string of the molecule is SC(S)=CCc1ccccn1. The van der Waals surface area contributed by atoms with Gasteiger partial charge in [0, 0.05) is 22.5 Å². The highest BCUT2D eigenvalue weighted by Gasteiger charge is 1.87. The summed E-state index contributed by atoms with van der Waals surface area (Å²) >= 11 is 8.05. The molecule has 0 aliphatic heterocycles. The van der Waals surface area contributed by atoms with Crippen LogP contribution < -0.4 is 0 Å². The summed E-state index contributed by atoms with van der Waals surface area (Å²) in [6.45, 7) is 0. The van der Waals surface area contributed by atoms with Crippen molar-refractivity contribution in [3.8, 4) is 0 Å². The fraction of sp³-hybridized carbons (Fsp3) is 0.125. The summed E-state index contributed by atoms with van der Waals surface area (Å²) in [7, 11) is 0. The van der Waals surface area contributed by atoms with E-state index in [0.717, 1.165) is 16.4 Å². The largest absolute Gasteiger partial charge is 0.261 e. The van der Waals surface area contributed by atoms with Gasteiger partial charge in [-0.25, -0.2) is 0 Å². The Bertz CT molecular complexity index is 240. The van der Waals surface area contributed by atoms with Crippen molar-refractivity contribution < 1.29 is 0 Å². The van der Waals surface area contributed by atoms with Crippen LogP contribution in [0, 0.1) is 0 Å². The smallest absolute Gasteiger partial charge is 0.0441 e. The van der Waals surface area contributed by atoms with Crippen molar-refractivity contribution in [3.63, 3.8) is 0 Å². The van der Waals surface area contributed by atoms with Crippen molar-refractivity contribution in [3.05, 3.63) is 40.4 Å². The molecule has 1 heterocycles. The minimum atomic E-state index is 0.732. The van der Waals surface area contributed by atoms with E-state index < -0.39 is 0 Å². The Balaban J connectivity index is 2.59. The standard InChI is InChI=1S/C8H9NS2/c10-8(11)5-4-7-3-1-2-6-9-7/h1-3,5-6,10-11H,4H2. The summed E-state index contributed by atoms with van der Waals surface area (Å²) in [6.07, 6.45) is 4.48. The molecular formula is C8H9NS2. The van der Waals surface area contributed by atoms with Gasteiger partial charge in [0.05, 0.1) is 0 Å². The van der Waals surface area contributed by atoms with Crippen LogP contribution in [0.15, 0.2) is 34.7 Å². The minimum Gasteiger partial charge on any atom is -0.261 e. The van der Waals surface area contributed by atoms with Crippen LogP contribution in [-0.4, -0.2) is 4.98 Å². The molecule has 11 heavy (non-hydrogen) atoms. The highest BCUT2D eigenvalue weighted by Crippen LogP contribution is 2.06. The van der Waals surface area contributed by atoms with Crippen molar-refractivity contribution in [2.45, 2.75) is 6.42 Å². The molecule has 1 aromatic heterocycles. The van der Waals surface area contributed by atoms with Crippen LogP contribution in [0.2, 0.25) is 0 Å². The van der Waals surface area contributed by atoms with Gasteiger partial charge in [0.15, 0.2) is 0 Å². The monoisotopic (exact) mass is 183 g/mol. The van der Waals surface area contributed by atoms with E-state index in [1.807, 2.05) is 24.3 Å². The lowest BCUT2D eigenvalue weighted by molar-refractivity contribution is 1.11. The Morgan fingerprint density at radius 1 is 1.45 bits per heavy atom. The third-order valence-corrected chi connectivity index (χ3v) is 1.59. The van der Waals surface area contributed by atoms with E-state index in [9.17, 15) is 0 Å². The van der Waals surface area contributed by atoms with E-state index in [0.29, 0.717) is 0 Å². The van der Waals surface area contributed by atoms with Gasteiger partial charge >= 0.3 is 0 Å². The van der Waals surface area contributed by atoms with E-state index in [4.69, 9.17) is 0 Å². The quantitative estimate of drug-likeness (QED) is 0.671. The van der Waals surface area contributed by atoms with Gasteiger partial charge < -0.3 is 0 Å². The highest BCUT2D eigenvalue weighted by molar-refractivity contribution is 8.05. The summed E-state index contributed by atoms with van der Waals surface area (Å²) in [5.74, 6) is 0. The lowest BCUT2D eigenvalue weighted by Crippen LogP contribution is -1.84. The molecule has 0 aliphatic carbocycles. The molecule has 0 amide bonds. The molecule has 0 spiro atoms. The lowest BCUT2D eigenvalue weighted by atomic mass is 10.3. The van der Waals surface area contributed by atoms with Crippen LogP contribution >= 0.6 is 25.3 Å². The van der Waals surface area contributed by atoms with Crippen LogP contribution in [0.25, 0.3) is 0 Å². The second-order valence-electron chi connectivity index (χ2n) is 2.09. The number of hydrogen-bond donors (Lipinski definition) is 2. The molecular weight excluding hydrogens is 174 g/mol. The topological polar surface area (TPSA) is 12.9 Å². The fourth-order valence-electron chi connectivity index (χ4n) is 0.715. The molecule has 0 N–H and O–H groups in total. The Morgan fingerprint density at radius 2 is 2.27 bits per heavy atom. The Kier molecular flexibility index (Phi) is 3.52. The van der Waals surface area contributed by atoms with E-state index in [1.54, 1.807) is 6.20 Å². The van der Waals surface area contributed by atoms with E-state index in [-0.39, 0.29) is 0 Å². The number of aromatic nitrogens is 1. The molecule has 0 saturated heterocycles. The van der Waals surface area contributed by atoms with Gasteiger partial charge in [0.1, 0.15) is 0 Å². The number of hydrogen-bond acceptors (Lipinski definition) is 3. The van der Waals surface area contributed by atoms with Crippen molar-refractivity contribution in [1.29, 1.82) is 0 Å². The molecule has 0 aromatic carbocycles. The van der Waals surface area contributed by atoms with Crippen LogP contribution in [0.4, 0.5) is 0 Å². The second kappa shape index (κ2) is 4.46. The summed E-state index contributed by atoms with van der Waals surface area (Å²) in [5, 5.41) is 0. The fourth-order valence-corrected chi connectivity index (χ4v) is 0.897. The molecule has 1 nitrogen and oxygen atoms in total. The zero-order valence-corrected chi connectivity index (χ0v) is 7.72. The van der Waals surface area contributed by atoms with Crippen molar-refractivity contribution >= 4 is 25.3 Å². The van der Waals surface area contributed by atoms with Gasteiger partial charge in [-0.05, 0) is 12.1 Å². The molecule has 0 unspecified atom stereocenters. The number of pyridine rings is 1. The maximum absolute atomic E-state index is 4.14. The average Bonchev–Trinajstić information content (AvgIpc) is 2.03. The highest BCUT2D eigenvalue weighted by atomic mass is 32.2. The van der Waals surface area contributed by atoms with E-state index in [2.05, 4.69) is 30.2 Å². The molecule has 1 rings (SSSR count). The number of nitrogens with zero attached hydrogens (tertiary/aromatic N) is 1. The molecule has 58 valence electrons. The number of allylic oxidation sites excluding steroid dienone is 1. The average molecular weight is 183 g/mol. The Hall–Kier alpha value is -0.410. The van der Waals surface area contributed by atoms with Gasteiger partial charge in [0.25, 0.3) is 0 Å². The maximum Gasteiger partial charge on any atom is 0.0441 e. The molecule has 0 radical (unpaired) electrons. The summed E-state index contributed by atoms with van der Waals surface area (Å²) in [6, 6.07) is 5.84. The van der Waals surface area contributed by atoms with Crippen molar-refractivity contribution in [2.24, 2.45) is 0 Å². The van der Waals surface area contributed by atoms with Gasteiger partial charge in [-0.2, -0.15) is 0 Å². The third kappa shape index (κ3) is 3.49. The zero-order chi connectivity index (χ0) is 8.10. The van der Waals surface area contributed by atoms with E-state index >= 15 is 0 Å². The van der Waals surface area contributed by atoms with Gasteiger partial charge in [-0.1, -0.05) is 12.1 Å². The molecule has 3 heteroatoms. The first-order valence-corrected chi connectivity index (χ1v) is 4.16. The zero-order valence-electron chi connectivity index (χ0n) is 5.94. The lowest BCUT2D eigenvalue weighted by Gasteiger charge is -1.92. The first-order chi connectivity index (χ1) is 5.29. The first-order valence-electron chi connectivity index (χ1n) is 3.27. The van der Waals surface area contributed by atoms with Crippen LogP contribution in [-0.2, 0) is 6.42 Å². The molecule has 0 bridgehead atoms. The molecule has 0 saturated carbocycles. The Morgan fingerprint density at radius 3 is 2.82 bits per heavy atom. The predicted molar refractivity (Wildman–Crippen MR) is 54.0 cm³/mol. The van der Waals surface area contributed by atoms with Crippen molar-refractivity contribution in [2.75, 3.05) is 0 Å². The number of thiol groups is 2. The normalized spacial score (nSPS) is 9.27. The minimum absolute atomic E-state index is 0.732. The Labute approximate surface area is 77.4 Å². The molecule has 0 aliphatic rings. The molecule has 0 atom stereocenters. The van der Waals surface area contributed by atoms with Crippen LogP contribution in [0.3, 0.4) is 0 Å². The van der Waals surface area contributed by atoms with Gasteiger partial charge in [0.2, 0.25) is 0 Å². The number of rotatable bonds is 2. The predicted octanol–water partition coefficient (Wildman–Crippen LogP) is 2.33. The summed E-state index contributed by atoms with van der Waals surface area (Å²) in [4.78, 5) is 4.14. The van der Waals surface area contributed by atoms with Crippen LogP contribution in [0.5, 0.6) is 0 Å². The van der Waals surface area contributed by atoms with Crippen molar-refractivity contribution in [1.82, 2.24) is 4.98 Å². The van der Waals surface area contributed by atoms with E-state index in [1.165, 1.54) is 0 Å². The van der Waals surface area contributed by atoms with Gasteiger partial charge in [-0.3, -0.25) is 4.98 Å². The summed E-state index contributed by atoms with van der Waals surface area (Å²) in [5.41, 5.74) is 1.04.